The normalized spacial score (nSPS) is 13.0. The van der Waals surface area contributed by atoms with E-state index in [1.807, 2.05) is 24.3 Å². The highest BCUT2D eigenvalue weighted by molar-refractivity contribution is 5.64. The lowest BCUT2D eigenvalue weighted by atomic mass is 10.1. The second-order valence-corrected chi connectivity index (χ2v) is 4.90. The first kappa shape index (κ1) is 13.7. The molecule has 1 N–H and O–H groups in total. The molecule has 1 aliphatic heterocycles. The number of benzene rings is 1. The van der Waals surface area contributed by atoms with Crippen LogP contribution < -0.4 is 14.8 Å². The minimum absolute atomic E-state index is 0.587. The Hall–Kier alpha value is -2.30. The van der Waals surface area contributed by atoms with Gasteiger partial charge in [0.1, 0.15) is 13.2 Å². The van der Waals surface area contributed by atoms with Crippen molar-refractivity contribution in [3.05, 3.63) is 30.5 Å². The molecule has 0 spiro atoms. The van der Waals surface area contributed by atoms with Crippen LogP contribution in [-0.2, 0) is 0 Å². The molecule has 0 fully saturated rings. The molecule has 0 atom stereocenters. The number of anilines is 1. The largest absolute Gasteiger partial charge is 0.486 e. The molecule has 0 bridgehead atoms. The van der Waals surface area contributed by atoms with Crippen molar-refractivity contribution in [3.63, 3.8) is 0 Å². The van der Waals surface area contributed by atoms with E-state index in [0.29, 0.717) is 19.2 Å². The monoisotopic (exact) mass is 285 g/mol. The number of unbranched alkanes of at least 4 members (excludes halogenated alkanes) is 1. The minimum atomic E-state index is 0.587. The molecular formula is C16H19N3O2. The molecule has 5 heteroatoms. The number of ether oxygens (including phenoxy) is 2. The fourth-order valence-electron chi connectivity index (χ4n) is 2.18. The fourth-order valence-corrected chi connectivity index (χ4v) is 2.18. The average Bonchev–Trinajstić information content (AvgIpc) is 2.55. The summed E-state index contributed by atoms with van der Waals surface area (Å²) >= 11 is 0. The van der Waals surface area contributed by atoms with E-state index in [4.69, 9.17) is 9.47 Å². The maximum absolute atomic E-state index is 5.61. The van der Waals surface area contributed by atoms with Crippen LogP contribution in [0.5, 0.6) is 11.5 Å². The first-order chi connectivity index (χ1) is 10.4. The zero-order valence-electron chi connectivity index (χ0n) is 12.1. The van der Waals surface area contributed by atoms with Gasteiger partial charge in [-0.2, -0.15) is 0 Å². The second kappa shape index (κ2) is 6.43. The first-order valence-electron chi connectivity index (χ1n) is 7.34. The van der Waals surface area contributed by atoms with Crippen LogP contribution >= 0.6 is 0 Å². The number of hydrogen-bond donors (Lipinski definition) is 1. The molecule has 5 nitrogen and oxygen atoms in total. The smallest absolute Gasteiger partial charge is 0.223 e. The van der Waals surface area contributed by atoms with Gasteiger partial charge in [0.25, 0.3) is 0 Å². The van der Waals surface area contributed by atoms with Crippen molar-refractivity contribution >= 4 is 5.95 Å². The predicted molar refractivity (Wildman–Crippen MR) is 81.9 cm³/mol. The Kier molecular flexibility index (Phi) is 4.19. The summed E-state index contributed by atoms with van der Waals surface area (Å²) < 4.78 is 11.1. The summed E-state index contributed by atoms with van der Waals surface area (Å²) in [5.74, 6) is 2.23. The lowest BCUT2D eigenvalue weighted by Crippen LogP contribution is -2.15. The minimum Gasteiger partial charge on any atom is -0.486 e. The second-order valence-electron chi connectivity index (χ2n) is 4.90. The molecule has 110 valence electrons. The summed E-state index contributed by atoms with van der Waals surface area (Å²) in [6.07, 6.45) is 4.03. The van der Waals surface area contributed by atoms with Gasteiger partial charge in [0.05, 0.1) is 5.69 Å². The van der Waals surface area contributed by atoms with Crippen molar-refractivity contribution in [1.82, 2.24) is 9.97 Å². The van der Waals surface area contributed by atoms with Gasteiger partial charge in [-0.1, -0.05) is 13.3 Å². The first-order valence-corrected chi connectivity index (χ1v) is 7.34. The summed E-state index contributed by atoms with van der Waals surface area (Å²) in [5, 5.41) is 3.24. The highest BCUT2D eigenvalue weighted by atomic mass is 16.6. The van der Waals surface area contributed by atoms with Gasteiger partial charge < -0.3 is 14.8 Å². The van der Waals surface area contributed by atoms with Gasteiger partial charge in [-0.3, -0.25) is 0 Å². The van der Waals surface area contributed by atoms with E-state index in [9.17, 15) is 0 Å². The van der Waals surface area contributed by atoms with Crippen molar-refractivity contribution in [2.75, 3.05) is 25.1 Å². The van der Waals surface area contributed by atoms with E-state index in [0.717, 1.165) is 42.1 Å². The SMILES string of the molecule is CCCCNc1nccc(-c2ccc3c(c2)OCCO3)n1. The van der Waals surface area contributed by atoms with Crippen LogP contribution in [-0.4, -0.2) is 29.7 Å². The number of nitrogens with one attached hydrogen (secondary N) is 1. The summed E-state index contributed by atoms with van der Waals surface area (Å²) in [7, 11) is 0. The lowest BCUT2D eigenvalue weighted by molar-refractivity contribution is 0.171. The van der Waals surface area contributed by atoms with E-state index < -0.39 is 0 Å². The van der Waals surface area contributed by atoms with Gasteiger partial charge in [0, 0.05) is 18.3 Å². The Morgan fingerprint density at radius 1 is 1.14 bits per heavy atom. The van der Waals surface area contributed by atoms with E-state index >= 15 is 0 Å². The Labute approximate surface area is 124 Å². The van der Waals surface area contributed by atoms with Gasteiger partial charge in [-0.25, -0.2) is 9.97 Å². The average molecular weight is 285 g/mol. The van der Waals surface area contributed by atoms with Crippen LogP contribution in [0.25, 0.3) is 11.3 Å². The van der Waals surface area contributed by atoms with Crippen LogP contribution in [0.2, 0.25) is 0 Å². The molecule has 3 rings (SSSR count). The molecule has 0 radical (unpaired) electrons. The van der Waals surface area contributed by atoms with Gasteiger partial charge in [0.2, 0.25) is 5.95 Å². The molecule has 21 heavy (non-hydrogen) atoms. The third-order valence-electron chi connectivity index (χ3n) is 3.31. The zero-order valence-corrected chi connectivity index (χ0v) is 12.1. The number of fused-ring (bicyclic) bond motifs is 1. The van der Waals surface area contributed by atoms with E-state index in [1.165, 1.54) is 0 Å². The van der Waals surface area contributed by atoms with Crippen molar-refractivity contribution < 1.29 is 9.47 Å². The predicted octanol–water partition coefficient (Wildman–Crippen LogP) is 3.13. The molecular weight excluding hydrogens is 266 g/mol. The number of nitrogens with zero attached hydrogens (tertiary/aromatic N) is 2. The van der Waals surface area contributed by atoms with E-state index in [-0.39, 0.29) is 0 Å². The van der Waals surface area contributed by atoms with Crippen LogP contribution in [0, 0.1) is 0 Å². The van der Waals surface area contributed by atoms with Gasteiger partial charge in [0.15, 0.2) is 11.5 Å². The molecule has 2 aromatic rings. The summed E-state index contributed by atoms with van der Waals surface area (Å²) in [4.78, 5) is 8.79. The van der Waals surface area contributed by atoms with E-state index in [1.54, 1.807) is 6.20 Å². The maximum Gasteiger partial charge on any atom is 0.223 e. The Balaban J connectivity index is 1.81. The standard InChI is InChI=1S/C16H19N3O2/c1-2-3-7-17-16-18-8-6-13(19-16)12-4-5-14-15(11-12)21-10-9-20-14/h4-6,8,11H,2-3,7,9-10H2,1H3,(H,17,18,19). The third kappa shape index (κ3) is 3.24. The molecule has 1 aromatic carbocycles. The molecule has 0 saturated carbocycles. The number of rotatable bonds is 5. The zero-order chi connectivity index (χ0) is 14.5. The van der Waals surface area contributed by atoms with Gasteiger partial charge >= 0.3 is 0 Å². The summed E-state index contributed by atoms with van der Waals surface area (Å²) in [6, 6.07) is 7.78. The lowest BCUT2D eigenvalue weighted by Gasteiger charge is -2.18. The van der Waals surface area contributed by atoms with Crippen molar-refractivity contribution in [2.24, 2.45) is 0 Å². The fraction of sp³-hybridized carbons (Fsp3) is 0.375. The van der Waals surface area contributed by atoms with Gasteiger partial charge in [-0.05, 0) is 30.7 Å². The molecule has 2 heterocycles. The Morgan fingerprint density at radius 3 is 2.86 bits per heavy atom. The number of hydrogen-bond acceptors (Lipinski definition) is 5. The van der Waals surface area contributed by atoms with Crippen LogP contribution in [0.15, 0.2) is 30.5 Å². The Bertz CT molecular complexity index is 616. The number of aromatic nitrogens is 2. The maximum atomic E-state index is 5.61. The van der Waals surface area contributed by atoms with Crippen LogP contribution in [0.4, 0.5) is 5.95 Å². The summed E-state index contributed by atoms with van der Waals surface area (Å²) in [5.41, 5.74) is 1.88. The van der Waals surface area contributed by atoms with Gasteiger partial charge in [-0.15, -0.1) is 0 Å². The van der Waals surface area contributed by atoms with Crippen LogP contribution in [0.1, 0.15) is 19.8 Å². The molecule has 1 aromatic heterocycles. The summed E-state index contributed by atoms with van der Waals surface area (Å²) in [6.45, 7) is 4.24. The molecule has 1 aliphatic rings. The molecule has 0 amide bonds. The molecule has 0 unspecified atom stereocenters. The molecule has 0 aliphatic carbocycles. The highest BCUT2D eigenvalue weighted by Gasteiger charge is 2.13. The van der Waals surface area contributed by atoms with Crippen molar-refractivity contribution in [2.45, 2.75) is 19.8 Å². The topological polar surface area (TPSA) is 56.3 Å². The van der Waals surface area contributed by atoms with Crippen LogP contribution in [0.3, 0.4) is 0 Å². The molecule has 0 saturated heterocycles. The third-order valence-corrected chi connectivity index (χ3v) is 3.31. The quantitative estimate of drug-likeness (QED) is 0.855. The van der Waals surface area contributed by atoms with Crippen molar-refractivity contribution in [1.29, 1.82) is 0 Å². The van der Waals surface area contributed by atoms with E-state index in [2.05, 4.69) is 22.2 Å². The highest BCUT2D eigenvalue weighted by Crippen LogP contribution is 2.33. The Morgan fingerprint density at radius 2 is 2.00 bits per heavy atom. The van der Waals surface area contributed by atoms with Crippen molar-refractivity contribution in [3.8, 4) is 22.8 Å².